The molecule has 3 N–H and O–H groups in total. The summed E-state index contributed by atoms with van der Waals surface area (Å²) in [6, 6.07) is 6.68. The summed E-state index contributed by atoms with van der Waals surface area (Å²) in [5, 5.41) is 2.57. The number of pyridine rings is 1. The maximum atomic E-state index is 13.5. The molecule has 0 aliphatic rings. The van der Waals surface area contributed by atoms with Crippen LogP contribution in [0.15, 0.2) is 30.3 Å². The van der Waals surface area contributed by atoms with Gasteiger partial charge in [0.25, 0.3) is 0 Å². The van der Waals surface area contributed by atoms with Gasteiger partial charge >= 0.3 is 0 Å². The predicted octanol–water partition coefficient (Wildman–Crippen LogP) is 3.08. The minimum absolute atomic E-state index is 0.226. The maximum absolute atomic E-state index is 13.5. The van der Waals surface area contributed by atoms with Gasteiger partial charge in [-0.15, -0.1) is 0 Å². The van der Waals surface area contributed by atoms with Crippen molar-refractivity contribution in [3.63, 3.8) is 0 Å². The molecule has 0 aliphatic heterocycles. The molecule has 0 unspecified atom stereocenters. The molecule has 6 heteroatoms. The van der Waals surface area contributed by atoms with E-state index in [4.69, 9.17) is 10.5 Å². The molecular formula is C13H13F2N3O. The number of anilines is 3. The zero-order chi connectivity index (χ0) is 13.8. The van der Waals surface area contributed by atoms with Crippen LogP contribution in [0.2, 0.25) is 0 Å². The van der Waals surface area contributed by atoms with Gasteiger partial charge in [-0.3, -0.25) is 0 Å². The Bertz CT molecular complexity index is 570. The van der Waals surface area contributed by atoms with Crippen molar-refractivity contribution in [2.75, 3.05) is 17.7 Å². The first-order valence-electron chi connectivity index (χ1n) is 5.72. The number of ether oxygens (including phenoxy) is 1. The fourth-order valence-electron chi connectivity index (χ4n) is 1.52. The molecule has 100 valence electrons. The van der Waals surface area contributed by atoms with E-state index in [1.165, 1.54) is 12.1 Å². The number of nitrogens with zero attached hydrogens (tertiary/aromatic N) is 1. The SMILES string of the molecule is CCOc1nc(Nc2c(F)cccc2F)ccc1N. The van der Waals surface area contributed by atoms with Gasteiger partial charge in [0, 0.05) is 0 Å². The molecule has 0 saturated heterocycles. The number of nitrogen functional groups attached to an aromatic ring is 1. The molecule has 0 bridgehead atoms. The Labute approximate surface area is 109 Å². The predicted molar refractivity (Wildman–Crippen MR) is 69.5 cm³/mol. The third-order valence-electron chi connectivity index (χ3n) is 2.39. The van der Waals surface area contributed by atoms with E-state index < -0.39 is 11.6 Å². The smallest absolute Gasteiger partial charge is 0.239 e. The third-order valence-corrected chi connectivity index (χ3v) is 2.39. The summed E-state index contributed by atoms with van der Waals surface area (Å²) in [5.74, 6) is -0.918. The van der Waals surface area contributed by atoms with Gasteiger partial charge in [-0.05, 0) is 31.2 Å². The molecular weight excluding hydrogens is 252 g/mol. The first-order valence-corrected chi connectivity index (χ1v) is 5.72. The monoisotopic (exact) mass is 265 g/mol. The van der Waals surface area contributed by atoms with Crippen LogP contribution < -0.4 is 15.8 Å². The second kappa shape index (κ2) is 5.51. The van der Waals surface area contributed by atoms with E-state index in [1.54, 1.807) is 13.0 Å². The van der Waals surface area contributed by atoms with Crippen LogP contribution in [0.1, 0.15) is 6.92 Å². The molecule has 0 radical (unpaired) electrons. The Hall–Kier alpha value is -2.37. The highest BCUT2D eigenvalue weighted by atomic mass is 19.1. The van der Waals surface area contributed by atoms with Crippen LogP contribution in [0.3, 0.4) is 0 Å². The molecule has 4 nitrogen and oxygen atoms in total. The zero-order valence-corrected chi connectivity index (χ0v) is 10.3. The van der Waals surface area contributed by atoms with Crippen molar-refractivity contribution in [3.05, 3.63) is 42.0 Å². The lowest BCUT2D eigenvalue weighted by Crippen LogP contribution is -2.03. The summed E-state index contributed by atoms with van der Waals surface area (Å²) in [7, 11) is 0. The highest BCUT2D eigenvalue weighted by molar-refractivity contribution is 5.61. The highest BCUT2D eigenvalue weighted by Crippen LogP contribution is 2.25. The van der Waals surface area contributed by atoms with Gasteiger partial charge in [0.05, 0.1) is 12.3 Å². The standard InChI is InChI=1S/C13H13F2N3O/c1-2-19-13-10(16)6-7-11(18-13)17-12-8(14)4-3-5-9(12)15/h3-7H,2,16H2,1H3,(H,17,18). The molecule has 1 aromatic heterocycles. The van der Waals surface area contributed by atoms with E-state index in [2.05, 4.69) is 10.3 Å². The van der Waals surface area contributed by atoms with E-state index >= 15 is 0 Å². The van der Waals surface area contributed by atoms with E-state index in [0.29, 0.717) is 12.3 Å². The average Bonchev–Trinajstić information content (AvgIpc) is 2.38. The van der Waals surface area contributed by atoms with Gasteiger partial charge in [-0.25, -0.2) is 8.78 Å². The number of aromatic nitrogens is 1. The fraction of sp³-hybridized carbons (Fsp3) is 0.154. The Kier molecular flexibility index (Phi) is 3.79. The summed E-state index contributed by atoms with van der Waals surface area (Å²) in [4.78, 5) is 4.05. The van der Waals surface area contributed by atoms with Crippen LogP contribution in [0.4, 0.5) is 26.0 Å². The number of nitrogens with one attached hydrogen (secondary N) is 1. The first kappa shape index (κ1) is 13.1. The van der Waals surface area contributed by atoms with E-state index in [0.717, 1.165) is 12.1 Å². The van der Waals surface area contributed by atoms with Crippen LogP contribution >= 0.6 is 0 Å². The summed E-state index contributed by atoms with van der Waals surface area (Å²) in [5.41, 5.74) is 5.77. The molecule has 0 atom stereocenters. The fourth-order valence-corrected chi connectivity index (χ4v) is 1.52. The van der Waals surface area contributed by atoms with Crippen molar-refractivity contribution in [2.24, 2.45) is 0 Å². The number of hydrogen-bond donors (Lipinski definition) is 2. The molecule has 2 aromatic rings. The highest BCUT2D eigenvalue weighted by Gasteiger charge is 2.10. The molecule has 0 saturated carbocycles. The van der Waals surface area contributed by atoms with Gasteiger partial charge < -0.3 is 15.8 Å². The number of rotatable bonds is 4. The molecule has 1 aromatic carbocycles. The molecule has 0 amide bonds. The quantitative estimate of drug-likeness (QED) is 0.891. The molecule has 1 heterocycles. The number of hydrogen-bond acceptors (Lipinski definition) is 4. The van der Waals surface area contributed by atoms with Gasteiger partial charge in [-0.1, -0.05) is 6.07 Å². The summed E-state index contributed by atoms with van der Waals surface area (Å²) in [6.07, 6.45) is 0. The zero-order valence-electron chi connectivity index (χ0n) is 10.3. The van der Waals surface area contributed by atoms with E-state index in [9.17, 15) is 8.78 Å². The van der Waals surface area contributed by atoms with Crippen LogP contribution in [-0.4, -0.2) is 11.6 Å². The van der Waals surface area contributed by atoms with Gasteiger partial charge in [0.2, 0.25) is 5.88 Å². The third kappa shape index (κ3) is 2.90. The van der Waals surface area contributed by atoms with Crippen molar-refractivity contribution >= 4 is 17.2 Å². The molecule has 0 aliphatic carbocycles. The van der Waals surface area contributed by atoms with Crippen molar-refractivity contribution in [3.8, 4) is 5.88 Å². The summed E-state index contributed by atoms with van der Waals surface area (Å²) >= 11 is 0. The van der Waals surface area contributed by atoms with Crippen molar-refractivity contribution < 1.29 is 13.5 Å². The van der Waals surface area contributed by atoms with Crippen LogP contribution in [0.5, 0.6) is 5.88 Å². The lowest BCUT2D eigenvalue weighted by Gasteiger charge is -2.10. The number of halogens is 2. The second-order valence-electron chi connectivity index (χ2n) is 3.75. The number of nitrogens with two attached hydrogens (primary N) is 1. The molecule has 19 heavy (non-hydrogen) atoms. The average molecular weight is 265 g/mol. The normalized spacial score (nSPS) is 10.3. The molecule has 0 fully saturated rings. The maximum Gasteiger partial charge on any atom is 0.239 e. The van der Waals surface area contributed by atoms with Gasteiger partial charge in [0.1, 0.15) is 23.1 Å². The van der Waals surface area contributed by atoms with E-state index in [-0.39, 0.29) is 17.4 Å². The van der Waals surface area contributed by atoms with Gasteiger partial charge in [0.15, 0.2) is 0 Å². The Morgan fingerprint density at radius 2 is 1.89 bits per heavy atom. The van der Waals surface area contributed by atoms with E-state index in [1.807, 2.05) is 0 Å². The minimum atomic E-state index is -0.698. The van der Waals surface area contributed by atoms with Crippen LogP contribution in [-0.2, 0) is 0 Å². The molecule has 2 rings (SSSR count). The van der Waals surface area contributed by atoms with Crippen LogP contribution in [0, 0.1) is 11.6 Å². The lowest BCUT2D eigenvalue weighted by atomic mass is 10.3. The van der Waals surface area contributed by atoms with Crippen molar-refractivity contribution in [1.29, 1.82) is 0 Å². The second-order valence-corrected chi connectivity index (χ2v) is 3.75. The van der Waals surface area contributed by atoms with Crippen molar-refractivity contribution in [1.82, 2.24) is 4.98 Å². The summed E-state index contributed by atoms with van der Waals surface area (Å²) < 4.78 is 32.2. The first-order chi connectivity index (χ1) is 9.11. The summed E-state index contributed by atoms with van der Waals surface area (Å²) in [6.45, 7) is 2.19. The number of benzene rings is 1. The minimum Gasteiger partial charge on any atom is -0.476 e. The Morgan fingerprint density at radius 1 is 1.21 bits per heavy atom. The molecule has 0 spiro atoms. The Balaban J connectivity index is 2.31. The van der Waals surface area contributed by atoms with Crippen molar-refractivity contribution in [2.45, 2.75) is 6.92 Å². The van der Waals surface area contributed by atoms with Crippen LogP contribution in [0.25, 0.3) is 0 Å². The Morgan fingerprint density at radius 3 is 2.53 bits per heavy atom. The lowest BCUT2D eigenvalue weighted by molar-refractivity contribution is 0.329. The number of para-hydroxylation sites is 1. The largest absolute Gasteiger partial charge is 0.476 e. The van der Waals surface area contributed by atoms with Gasteiger partial charge in [-0.2, -0.15) is 4.98 Å². The topological polar surface area (TPSA) is 60.2 Å².